The SMILES string of the molecule is CN1CCCC(N2CCN(C(=O)Cc3ccn[nH]3)CC2)C1. The van der Waals surface area contributed by atoms with E-state index in [0.717, 1.165) is 31.9 Å². The molecule has 3 rings (SSSR count). The van der Waals surface area contributed by atoms with Crippen LogP contribution in [-0.4, -0.2) is 83.2 Å². The highest BCUT2D eigenvalue weighted by atomic mass is 16.2. The number of carbonyl (C=O) groups excluding carboxylic acids is 1. The normalized spacial score (nSPS) is 25.2. The van der Waals surface area contributed by atoms with Crippen LogP contribution >= 0.6 is 0 Å². The third-order valence-electron chi connectivity index (χ3n) is 4.68. The van der Waals surface area contributed by atoms with E-state index in [1.165, 1.54) is 25.9 Å². The van der Waals surface area contributed by atoms with Crippen LogP contribution in [0.5, 0.6) is 0 Å². The zero-order valence-corrected chi connectivity index (χ0v) is 12.8. The second-order valence-corrected chi connectivity index (χ2v) is 6.23. The molecular formula is C15H25N5O. The molecule has 0 saturated carbocycles. The lowest BCUT2D eigenvalue weighted by atomic mass is 10.0. The summed E-state index contributed by atoms with van der Waals surface area (Å²) in [6.07, 6.45) is 4.72. The Labute approximate surface area is 126 Å². The number of nitrogens with zero attached hydrogens (tertiary/aromatic N) is 4. The number of aromatic nitrogens is 2. The highest BCUT2D eigenvalue weighted by Crippen LogP contribution is 2.17. The van der Waals surface area contributed by atoms with Gasteiger partial charge in [-0.25, -0.2) is 0 Å². The first-order valence-corrected chi connectivity index (χ1v) is 7.91. The van der Waals surface area contributed by atoms with Crippen LogP contribution in [0.1, 0.15) is 18.5 Å². The van der Waals surface area contributed by atoms with E-state index in [-0.39, 0.29) is 5.91 Å². The Morgan fingerprint density at radius 1 is 1.33 bits per heavy atom. The van der Waals surface area contributed by atoms with Gasteiger partial charge >= 0.3 is 0 Å². The van der Waals surface area contributed by atoms with Crippen LogP contribution in [0.15, 0.2) is 12.3 Å². The molecule has 3 heterocycles. The summed E-state index contributed by atoms with van der Waals surface area (Å²) >= 11 is 0. The average Bonchev–Trinajstić information content (AvgIpc) is 3.00. The molecule has 0 aliphatic carbocycles. The number of H-pyrrole nitrogens is 1. The fraction of sp³-hybridized carbons (Fsp3) is 0.733. The fourth-order valence-corrected chi connectivity index (χ4v) is 3.43. The molecule has 6 heteroatoms. The summed E-state index contributed by atoms with van der Waals surface area (Å²) in [4.78, 5) is 19.2. The van der Waals surface area contributed by atoms with Gasteiger partial charge in [-0.05, 0) is 32.5 Å². The molecule has 1 atom stereocenters. The number of aromatic amines is 1. The average molecular weight is 291 g/mol. The zero-order valence-electron chi connectivity index (χ0n) is 12.8. The lowest BCUT2D eigenvalue weighted by Crippen LogP contribution is -2.55. The number of rotatable bonds is 3. The Bertz CT molecular complexity index is 453. The van der Waals surface area contributed by atoms with Gasteiger partial charge in [-0.1, -0.05) is 0 Å². The third-order valence-corrected chi connectivity index (χ3v) is 4.68. The number of likely N-dealkylation sites (N-methyl/N-ethyl adjacent to an activating group) is 1. The van der Waals surface area contributed by atoms with E-state index in [9.17, 15) is 4.79 Å². The van der Waals surface area contributed by atoms with Gasteiger partial charge in [0.05, 0.1) is 6.42 Å². The van der Waals surface area contributed by atoms with Gasteiger partial charge < -0.3 is 9.80 Å². The maximum Gasteiger partial charge on any atom is 0.228 e. The van der Waals surface area contributed by atoms with E-state index in [1.54, 1.807) is 6.20 Å². The topological polar surface area (TPSA) is 55.5 Å². The van der Waals surface area contributed by atoms with E-state index in [1.807, 2.05) is 11.0 Å². The van der Waals surface area contributed by atoms with E-state index >= 15 is 0 Å². The smallest absolute Gasteiger partial charge is 0.228 e. The van der Waals surface area contributed by atoms with Gasteiger partial charge in [-0.3, -0.25) is 14.8 Å². The quantitative estimate of drug-likeness (QED) is 0.864. The summed E-state index contributed by atoms with van der Waals surface area (Å²) in [7, 11) is 2.20. The van der Waals surface area contributed by atoms with Gasteiger partial charge in [-0.15, -0.1) is 0 Å². The molecule has 0 spiro atoms. The molecule has 1 aromatic heterocycles. The Morgan fingerprint density at radius 3 is 2.81 bits per heavy atom. The molecule has 2 aliphatic rings. The van der Waals surface area contributed by atoms with E-state index in [2.05, 4.69) is 27.0 Å². The Hall–Kier alpha value is -1.40. The molecule has 0 aromatic carbocycles. The van der Waals surface area contributed by atoms with E-state index in [4.69, 9.17) is 0 Å². The number of piperidine rings is 1. The van der Waals surface area contributed by atoms with Crippen LogP contribution in [0.3, 0.4) is 0 Å². The second kappa shape index (κ2) is 6.58. The standard InChI is InChI=1S/C15H25N5O/c1-18-6-2-3-14(12-18)19-7-9-20(10-8-19)15(21)11-13-4-5-16-17-13/h4-5,14H,2-3,6-12H2,1H3,(H,16,17). The Morgan fingerprint density at radius 2 is 2.14 bits per heavy atom. The summed E-state index contributed by atoms with van der Waals surface area (Å²) in [6.45, 7) is 6.11. The van der Waals surface area contributed by atoms with Crippen LogP contribution in [0.25, 0.3) is 0 Å². The summed E-state index contributed by atoms with van der Waals surface area (Å²) < 4.78 is 0. The van der Waals surface area contributed by atoms with Crippen molar-refractivity contribution in [3.8, 4) is 0 Å². The number of nitrogens with one attached hydrogen (secondary N) is 1. The van der Waals surface area contributed by atoms with Gasteiger partial charge in [0.1, 0.15) is 0 Å². The molecule has 1 unspecified atom stereocenters. The van der Waals surface area contributed by atoms with Crippen molar-refractivity contribution in [3.63, 3.8) is 0 Å². The van der Waals surface area contributed by atoms with Crippen molar-refractivity contribution < 1.29 is 4.79 Å². The second-order valence-electron chi connectivity index (χ2n) is 6.23. The van der Waals surface area contributed by atoms with E-state index in [0.29, 0.717) is 12.5 Å². The molecule has 116 valence electrons. The molecule has 2 saturated heterocycles. The van der Waals surface area contributed by atoms with Gasteiger partial charge in [0.25, 0.3) is 0 Å². The van der Waals surface area contributed by atoms with Crippen molar-refractivity contribution >= 4 is 5.91 Å². The molecule has 21 heavy (non-hydrogen) atoms. The molecule has 1 aromatic rings. The van der Waals surface area contributed by atoms with Crippen molar-refractivity contribution in [2.75, 3.05) is 46.3 Å². The fourth-order valence-electron chi connectivity index (χ4n) is 3.43. The molecular weight excluding hydrogens is 266 g/mol. The highest BCUT2D eigenvalue weighted by molar-refractivity contribution is 5.78. The lowest BCUT2D eigenvalue weighted by Gasteiger charge is -2.42. The Kier molecular flexibility index (Phi) is 4.55. The molecule has 0 radical (unpaired) electrons. The van der Waals surface area contributed by atoms with Crippen LogP contribution < -0.4 is 0 Å². The molecule has 0 bridgehead atoms. The van der Waals surface area contributed by atoms with Crippen LogP contribution in [0.2, 0.25) is 0 Å². The molecule has 1 N–H and O–H groups in total. The predicted molar refractivity (Wildman–Crippen MR) is 81.0 cm³/mol. The van der Waals surface area contributed by atoms with Crippen molar-refractivity contribution in [2.24, 2.45) is 0 Å². The number of hydrogen-bond donors (Lipinski definition) is 1. The first-order chi connectivity index (χ1) is 10.2. The zero-order chi connectivity index (χ0) is 14.7. The summed E-state index contributed by atoms with van der Waals surface area (Å²) in [5, 5.41) is 6.75. The first-order valence-electron chi connectivity index (χ1n) is 7.91. The molecule has 6 nitrogen and oxygen atoms in total. The minimum Gasteiger partial charge on any atom is -0.340 e. The van der Waals surface area contributed by atoms with E-state index < -0.39 is 0 Å². The first kappa shape index (κ1) is 14.5. The third kappa shape index (κ3) is 3.63. The summed E-state index contributed by atoms with van der Waals surface area (Å²) in [6, 6.07) is 2.54. The number of amides is 1. The minimum absolute atomic E-state index is 0.208. The maximum absolute atomic E-state index is 12.3. The highest BCUT2D eigenvalue weighted by Gasteiger charge is 2.28. The minimum atomic E-state index is 0.208. The lowest BCUT2D eigenvalue weighted by molar-refractivity contribution is -0.132. The predicted octanol–water partition coefficient (Wildman–Crippen LogP) is 0.191. The number of likely N-dealkylation sites (tertiary alicyclic amines) is 1. The summed E-state index contributed by atoms with van der Waals surface area (Å²) in [5.74, 6) is 0.208. The summed E-state index contributed by atoms with van der Waals surface area (Å²) in [5.41, 5.74) is 0.899. The molecule has 2 aliphatic heterocycles. The van der Waals surface area contributed by atoms with Crippen molar-refractivity contribution in [2.45, 2.75) is 25.3 Å². The van der Waals surface area contributed by atoms with Crippen molar-refractivity contribution in [1.29, 1.82) is 0 Å². The van der Waals surface area contributed by atoms with Gasteiger partial charge in [0, 0.05) is 50.7 Å². The van der Waals surface area contributed by atoms with Crippen LogP contribution in [0.4, 0.5) is 0 Å². The van der Waals surface area contributed by atoms with Gasteiger partial charge in [0.15, 0.2) is 0 Å². The van der Waals surface area contributed by atoms with Gasteiger partial charge in [-0.2, -0.15) is 5.10 Å². The van der Waals surface area contributed by atoms with Crippen LogP contribution in [0, 0.1) is 0 Å². The molecule has 2 fully saturated rings. The largest absolute Gasteiger partial charge is 0.340 e. The van der Waals surface area contributed by atoms with Gasteiger partial charge in [0.2, 0.25) is 5.91 Å². The maximum atomic E-state index is 12.3. The monoisotopic (exact) mass is 291 g/mol. The number of piperazine rings is 1. The molecule has 1 amide bonds. The van der Waals surface area contributed by atoms with Crippen molar-refractivity contribution in [3.05, 3.63) is 18.0 Å². The van der Waals surface area contributed by atoms with Crippen molar-refractivity contribution in [1.82, 2.24) is 24.9 Å². The van der Waals surface area contributed by atoms with Crippen LogP contribution in [-0.2, 0) is 11.2 Å². The Balaban J connectivity index is 1.47. The number of hydrogen-bond acceptors (Lipinski definition) is 4. The number of carbonyl (C=O) groups is 1.